The van der Waals surface area contributed by atoms with Crippen LogP contribution in [-0.2, 0) is 19.5 Å². The number of hydrogen-bond acceptors (Lipinski definition) is 5. The van der Waals surface area contributed by atoms with Crippen molar-refractivity contribution in [3.8, 4) is 17.2 Å². The molecule has 5 heteroatoms. The Kier molecular flexibility index (Phi) is 9.04. The molecule has 0 saturated heterocycles. The van der Waals surface area contributed by atoms with Crippen molar-refractivity contribution in [2.45, 2.75) is 39.4 Å². The first-order valence-electron chi connectivity index (χ1n) is 12.7. The fourth-order valence-electron chi connectivity index (χ4n) is 4.58. The third-order valence-corrected chi connectivity index (χ3v) is 6.80. The van der Waals surface area contributed by atoms with Crippen LogP contribution < -0.4 is 14.2 Å². The van der Waals surface area contributed by atoms with E-state index in [1.165, 1.54) is 16.7 Å². The number of methoxy groups -OCH3 is 1. The number of rotatable bonds is 11. The molecule has 0 amide bonds. The fraction of sp³-hybridized carbons (Fsp3) is 0.400. The molecular formula is C30H38N2O3. The van der Waals surface area contributed by atoms with Crippen LogP contribution in [-0.4, -0.2) is 55.8 Å². The topological polar surface area (TPSA) is 34.2 Å². The van der Waals surface area contributed by atoms with Gasteiger partial charge in [-0.2, -0.15) is 0 Å². The second kappa shape index (κ2) is 12.6. The van der Waals surface area contributed by atoms with Gasteiger partial charge in [0.25, 0.3) is 0 Å². The lowest BCUT2D eigenvalue weighted by molar-refractivity contribution is 0.138. The molecule has 186 valence electrons. The lowest BCUT2D eigenvalue weighted by atomic mass is 10.0. The van der Waals surface area contributed by atoms with Gasteiger partial charge in [0.1, 0.15) is 30.5 Å². The van der Waals surface area contributed by atoms with Crippen LogP contribution in [0.2, 0.25) is 0 Å². The zero-order valence-electron chi connectivity index (χ0n) is 21.3. The molecule has 1 aliphatic heterocycles. The SMILES string of the molecule is CCN(CC)CCOc1ccc(CN2Cc3ccccc3OC[C@@H]2Cc2ccc(OC)cc2)cc1. The van der Waals surface area contributed by atoms with E-state index in [9.17, 15) is 0 Å². The minimum absolute atomic E-state index is 0.265. The van der Waals surface area contributed by atoms with Crippen LogP contribution in [0.4, 0.5) is 0 Å². The van der Waals surface area contributed by atoms with E-state index in [1.54, 1.807) is 7.11 Å². The highest BCUT2D eigenvalue weighted by Gasteiger charge is 2.25. The third-order valence-electron chi connectivity index (χ3n) is 6.80. The fourth-order valence-corrected chi connectivity index (χ4v) is 4.58. The number of ether oxygens (including phenoxy) is 3. The van der Waals surface area contributed by atoms with Crippen molar-refractivity contribution in [2.75, 3.05) is 40.0 Å². The van der Waals surface area contributed by atoms with Gasteiger partial charge in [0.05, 0.1) is 7.11 Å². The van der Waals surface area contributed by atoms with Crippen LogP contribution in [0.3, 0.4) is 0 Å². The molecular weight excluding hydrogens is 436 g/mol. The Balaban J connectivity index is 1.44. The van der Waals surface area contributed by atoms with E-state index >= 15 is 0 Å². The van der Waals surface area contributed by atoms with Gasteiger partial charge in [-0.1, -0.05) is 56.3 Å². The first kappa shape index (κ1) is 25.1. The summed E-state index contributed by atoms with van der Waals surface area (Å²) in [5.74, 6) is 2.81. The number of benzene rings is 3. The number of para-hydroxylation sites is 1. The maximum Gasteiger partial charge on any atom is 0.123 e. The molecule has 1 atom stereocenters. The minimum atomic E-state index is 0.265. The molecule has 35 heavy (non-hydrogen) atoms. The van der Waals surface area contributed by atoms with Crippen LogP contribution in [0.1, 0.15) is 30.5 Å². The van der Waals surface area contributed by atoms with Crippen molar-refractivity contribution >= 4 is 0 Å². The highest BCUT2D eigenvalue weighted by molar-refractivity contribution is 5.35. The lowest BCUT2D eigenvalue weighted by Gasteiger charge is -2.29. The number of likely N-dealkylation sites (N-methyl/N-ethyl adjacent to an activating group) is 1. The van der Waals surface area contributed by atoms with Crippen molar-refractivity contribution in [2.24, 2.45) is 0 Å². The maximum atomic E-state index is 6.26. The first-order valence-corrected chi connectivity index (χ1v) is 12.7. The van der Waals surface area contributed by atoms with E-state index in [0.29, 0.717) is 13.2 Å². The Hall–Kier alpha value is -3.02. The molecule has 0 radical (unpaired) electrons. The summed E-state index contributed by atoms with van der Waals surface area (Å²) >= 11 is 0. The minimum Gasteiger partial charge on any atom is -0.497 e. The van der Waals surface area contributed by atoms with E-state index in [2.05, 4.69) is 78.2 Å². The predicted octanol–water partition coefficient (Wildman–Crippen LogP) is 5.42. The number of fused-ring (bicyclic) bond motifs is 1. The lowest BCUT2D eigenvalue weighted by Crippen LogP contribution is -2.38. The van der Waals surface area contributed by atoms with E-state index in [0.717, 1.165) is 56.4 Å². The van der Waals surface area contributed by atoms with E-state index < -0.39 is 0 Å². The zero-order chi connectivity index (χ0) is 24.5. The van der Waals surface area contributed by atoms with Crippen molar-refractivity contribution in [3.05, 3.63) is 89.5 Å². The summed E-state index contributed by atoms with van der Waals surface area (Å²) in [6, 6.07) is 25.6. The standard InChI is InChI=1S/C30H38N2O3/c1-4-31(5-2)18-19-34-29-16-12-25(13-17-29)21-32-22-26-8-6-7-9-30(26)35-23-27(32)20-24-10-14-28(33-3)15-11-24/h6-17,27H,4-5,18-23H2,1-3H3/t27-/m0/s1. The van der Waals surface area contributed by atoms with Gasteiger partial charge >= 0.3 is 0 Å². The van der Waals surface area contributed by atoms with E-state index in [4.69, 9.17) is 14.2 Å². The Labute approximate surface area is 210 Å². The normalized spacial score (nSPS) is 15.8. The second-order valence-corrected chi connectivity index (χ2v) is 9.05. The van der Waals surface area contributed by atoms with Crippen LogP contribution in [0.25, 0.3) is 0 Å². The van der Waals surface area contributed by atoms with E-state index in [-0.39, 0.29) is 6.04 Å². The van der Waals surface area contributed by atoms with Gasteiger partial charge in [-0.05, 0) is 61.0 Å². The summed E-state index contributed by atoms with van der Waals surface area (Å²) < 4.78 is 17.6. The number of nitrogens with zero attached hydrogens (tertiary/aromatic N) is 2. The molecule has 0 N–H and O–H groups in total. The van der Waals surface area contributed by atoms with Gasteiger partial charge in [-0.25, -0.2) is 0 Å². The Morgan fingerprint density at radius 2 is 1.57 bits per heavy atom. The van der Waals surface area contributed by atoms with Gasteiger partial charge in [-0.15, -0.1) is 0 Å². The monoisotopic (exact) mass is 474 g/mol. The quantitative estimate of drug-likeness (QED) is 0.371. The van der Waals surface area contributed by atoms with Gasteiger partial charge in [0.15, 0.2) is 0 Å². The molecule has 4 rings (SSSR count). The van der Waals surface area contributed by atoms with Crippen LogP contribution in [0.15, 0.2) is 72.8 Å². The summed E-state index contributed by atoms with van der Waals surface area (Å²) in [6.07, 6.45) is 0.921. The van der Waals surface area contributed by atoms with Gasteiger partial charge < -0.3 is 19.1 Å². The molecule has 0 aromatic heterocycles. The van der Waals surface area contributed by atoms with E-state index in [1.807, 2.05) is 18.2 Å². The average molecular weight is 475 g/mol. The van der Waals surface area contributed by atoms with Gasteiger partial charge in [0.2, 0.25) is 0 Å². The van der Waals surface area contributed by atoms with Crippen LogP contribution in [0, 0.1) is 0 Å². The van der Waals surface area contributed by atoms with Crippen molar-refractivity contribution in [3.63, 3.8) is 0 Å². The molecule has 0 aliphatic carbocycles. The summed E-state index contributed by atoms with van der Waals surface area (Å²) in [6.45, 7) is 10.5. The molecule has 5 nitrogen and oxygen atoms in total. The zero-order valence-corrected chi connectivity index (χ0v) is 21.3. The summed E-state index contributed by atoms with van der Waals surface area (Å²) in [5, 5.41) is 0. The molecule has 0 bridgehead atoms. The van der Waals surface area contributed by atoms with Gasteiger partial charge in [0, 0.05) is 31.2 Å². The summed E-state index contributed by atoms with van der Waals surface area (Å²) in [7, 11) is 1.70. The maximum absolute atomic E-state index is 6.26. The van der Waals surface area contributed by atoms with Crippen molar-refractivity contribution in [1.29, 1.82) is 0 Å². The van der Waals surface area contributed by atoms with Crippen molar-refractivity contribution in [1.82, 2.24) is 9.80 Å². The Morgan fingerprint density at radius 3 is 2.29 bits per heavy atom. The summed E-state index contributed by atoms with van der Waals surface area (Å²) in [5.41, 5.74) is 3.80. The van der Waals surface area contributed by atoms with Crippen LogP contribution in [0.5, 0.6) is 17.2 Å². The molecule has 3 aromatic rings. The molecule has 1 heterocycles. The average Bonchev–Trinajstić information content (AvgIpc) is 3.07. The predicted molar refractivity (Wildman–Crippen MR) is 141 cm³/mol. The Morgan fingerprint density at radius 1 is 0.886 bits per heavy atom. The molecule has 1 aliphatic rings. The molecule has 0 spiro atoms. The third kappa shape index (κ3) is 7.00. The summed E-state index contributed by atoms with van der Waals surface area (Å²) in [4.78, 5) is 4.91. The second-order valence-electron chi connectivity index (χ2n) is 9.05. The molecule has 0 unspecified atom stereocenters. The molecule has 0 fully saturated rings. The highest BCUT2D eigenvalue weighted by Crippen LogP contribution is 2.28. The van der Waals surface area contributed by atoms with Crippen LogP contribution >= 0.6 is 0 Å². The largest absolute Gasteiger partial charge is 0.497 e. The van der Waals surface area contributed by atoms with Gasteiger partial charge in [-0.3, -0.25) is 4.90 Å². The first-order chi connectivity index (χ1) is 17.2. The smallest absolute Gasteiger partial charge is 0.123 e. The molecule has 0 saturated carbocycles. The van der Waals surface area contributed by atoms with Crippen molar-refractivity contribution < 1.29 is 14.2 Å². The molecule has 3 aromatic carbocycles. The number of hydrogen-bond donors (Lipinski definition) is 0. The Bertz CT molecular complexity index is 1030. The highest BCUT2D eigenvalue weighted by atomic mass is 16.5.